The summed E-state index contributed by atoms with van der Waals surface area (Å²) < 4.78 is 13.0. The Morgan fingerprint density at radius 3 is 2.05 bits per heavy atom. The van der Waals surface area contributed by atoms with Crippen LogP contribution in [0.3, 0.4) is 0 Å². The van der Waals surface area contributed by atoms with Gasteiger partial charge in [-0.05, 0) is 59.7 Å². The molecule has 2 aromatic carbocycles. The maximum Gasteiger partial charge on any atom is 0.141 e. The van der Waals surface area contributed by atoms with Crippen molar-refractivity contribution < 1.29 is 4.39 Å². The largest absolute Gasteiger partial charge is 0.207 e. The van der Waals surface area contributed by atoms with Gasteiger partial charge in [0.05, 0.1) is 0 Å². The minimum atomic E-state index is -0.832. The predicted octanol–water partition coefficient (Wildman–Crippen LogP) is 5.80. The van der Waals surface area contributed by atoms with Crippen LogP contribution in [0.5, 0.6) is 0 Å². The molecule has 1 saturated heterocycles. The van der Waals surface area contributed by atoms with Crippen LogP contribution in [0.1, 0.15) is 24.8 Å². The van der Waals surface area contributed by atoms with Gasteiger partial charge in [0.2, 0.25) is 0 Å². The van der Waals surface area contributed by atoms with E-state index in [1.807, 2.05) is 12.1 Å². The van der Waals surface area contributed by atoms with E-state index in [1.165, 1.54) is 49.0 Å². The van der Waals surface area contributed by atoms with Crippen LogP contribution in [0.25, 0.3) is 11.1 Å². The van der Waals surface area contributed by atoms with E-state index in [1.54, 1.807) is 0 Å². The highest BCUT2D eigenvalue weighted by Gasteiger charge is 2.20. The molecule has 0 bridgehead atoms. The number of benzene rings is 2. The van der Waals surface area contributed by atoms with Crippen LogP contribution >= 0.6 is 11.1 Å². The average molecular weight is 333 g/mol. The molecular weight excluding hydrogens is 311 g/mol. The first-order valence-corrected chi connectivity index (χ1v) is 11.6. The first-order valence-electron chi connectivity index (χ1n) is 8.19. The van der Waals surface area contributed by atoms with Gasteiger partial charge in [-0.25, -0.2) is 4.39 Å². The Bertz CT molecular complexity index is 586. The van der Waals surface area contributed by atoms with Gasteiger partial charge in [-0.1, -0.05) is 49.2 Å². The van der Waals surface area contributed by atoms with Crippen LogP contribution in [-0.4, -0.2) is 8.11 Å². The highest BCUT2D eigenvalue weighted by Crippen LogP contribution is 2.30. The third kappa shape index (κ3) is 4.20. The van der Waals surface area contributed by atoms with Crippen molar-refractivity contribution >= 4 is 19.2 Å². The van der Waals surface area contributed by atoms with Gasteiger partial charge in [0.15, 0.2) is 0 Å². The molecule has 0 unspecified atom stereocenters. The molecule has 0 atom stereocenters. The Kier molecular flexibility index (Phi) is 5.32. The first kappa shape index (κ1) is 15.8. The fourth-order valence-electron chi connectivity index (χ4n) is 3.29. The van der Waals surface area contributed by atoms with Crippen molar-refractivity contribution in [2.75, 3.05) is 0 Å². The number of halogens is 2. The lowest BCUT2D eigenvalue weighted by Gasteiger charge is -2.24. The molecule has 0 aromatic heterocycles. The summed E-state index contributed by atoms with van der Waals surface area (Å²) in [6.45, 7) is 0. The van der Waals surface area contributed by atoms with Crippen LogP contribution in [0, 0.1) is 11.7 Å². The maximum absolute atomic E-state index is 13.0. The maximum atomic E-state index is 13.0. The Labute approximate surface area is 138 Å². The van der Waals surface area contributed by atoms with Gasteiger partial charge in [0.25, 0.3) is 0 Å². The standard InChI is InChI=1S/C19H22ClFSi/c20-22-13-11-16(12-14-22)2-1-15-3-5-17(6-4-15)18-7-9-19(21)10-8-18/h3-10,16,22H,1-2,11-14H2/t16-,22-. The zero-order valence-corrected chi connectivity index (χ0v) is 14.7. The van der Waals surface area contributed by atoms with Crippen molar-refractivity contribution in [3.63, 3.8) is 0 Å². The van der Waals surface area contributed by atoms with Crippen LogP contribution in [-0.2, 0) is 6.42 Å². The summed E-state index contributed by atoms with van der Waals surface area (Å²) >= 11 is 6.30. The zero-order valence-electron chi connectivity index (χ0n) is 12.8. The molecule has 22 heavy (non-hydrogen) atoms. The van der Waals surface area contributed by atoms with Crippen molar-refractivity contribution in [1.29, 1.82) is 0 Å². The monoisotopic (exact) mass is 332 g/mol. The highest BCUT2D eigenvalue weighted by molar-refractivity contribution is 7.07. The minimum Gasteiger partial charge on any atom is -0.207 e. The lowest BCUT2D eigenvalue weighted by molar-refractivity contribution is 0.440. The Balaban J connectivity index is 1.56. The summed E-state index contributed by atoms with van der Waals surface area (Å²) in [5.41, 5.74) is 3.62. The molecule has 0 amide bonds. The summed E-state index contributed by atoms with van der Waals surface area (Å²) in [6, 6.07) is 18.0. The second-order valence-corrected chi connectivity index (χ2v) is 10.6. The summed E-state index contributed by atoms with van der Waals surface area (Å²) in [6.07, 6.45) is 5.12. The second kappa shape index (κ2) is 7.43. The smallest absolute Gasteiger partial charge is 0.141 e. The van der Waals surface area contributed by atoms with Crippen molar-refractivity contribution in [2.45, 2.75) is 37.8 Å². The van der Waals surface area contributed by atoms with E-state index in [-0.39, 0.29) is 5.82 Å². The van der Waals surface area contributed by atoms with Crippen molar-refractivity contribution in [3.05, 3.63) is 59.9 Å². The average Bonchev–Trinajstić information content (AvgIpc) is 2.56. The topological polar surface area (TPSA) is 0 Å². The zero-order chi connectivity index (χ0) is 15.4. The second-order valence-electron chi connectivity index (χ2n) is 6.36. The molecule has 3 heteroatoms. The predicted molar refractivity (Wildman–Crippen MR) is 95.5 cm³/mol. The van der Waals surface area contributed by atoms with Gasteiger partial charge in [-0.15, -0.1) is 0 Å². The fraction of sp³-hybridized carbons (Fsp3) is 0.368. The van der Waals surface area contributed by atoms with Crippen LogP contribution in [0.4, 0.5) is 4.39 Å². The van der Waals surface area contributed by atoms with Gasteiger partial charge < -0.3 is 0 Å². The molecule has 3 rings (SSSR count). The van der Waals surface area contributed by atoms with E-state index in [0.717, 1.165) is 23.5 Å². The number of hydrogen-bond acceptors (Lipinski definition) is 0. The molecule has 0 aliphatic carbocycles. The molecule has 0 saturated carbocycles. The Hall–Kier alpha value is -1.12. The van der Waals surface area contributed by atoms with Gasteiger partial charge in [-0.2, -0.15) is 11.1 Å². The number of aryl methyl sites for hydroxylation is 1. The summed E-state index contributed by atoms with van der Waals surface area (Å²) in [4.78, 5) is 0. The fourth-order valence-corrected chi connectivity index (χ4v) is 6.00. The van der Waals surface area contributed by atoms with Gasteiger partial charge >= 0.3 is 0 Å². The summed E-state index contributed by atoms with van der Waals surface area (Å²) in [5, 5.41) is 0. The summed E-state index contributed by atoms with van der Waals surface area (Å²) in [7, 11) is -0.832. The highest BCUT2D eigenvalue weighted by atomic mass is 35.6. The van der Waals surface area contributed by atoms with E-state index in [4.69, 9.17) is 11.1 Å². The lowest BCUT2D eigenvalue weighted by atomic mass is 9.93. The van der Waals surface area contributed by atoms with Crippen LogP contribution in [0.15, 0.2) is 48.5 Å². The van der Waals surface area contributed by atoms with Crippen LogP contribution < -0.4 is 0 Å². The minimum absolute atomic E-state index is 0.185. The van der Waals surface area contributed by atoms with E-state index in [0.29, 0.717) is 0 Å². The van der Waals surface area contributed by atoms with E-state index in [2.05, 4.69) is 24.3 Å². The normalized spacial score (nSPS) is 21.7. The molecule has 1 aliphatic heterocycles. The molecule has 1 heterocycles. The lowest BCUT2D eigenvalue weighted by Crippen LogP contribution is -2.16. The van der Waals surface area contributed by atoms with Gasteiger partial charge in [0, 0.05) is 0 Å². The number of hydrogen-bond donors (Lipinski definition) is 0. The summed E-state index contributed by atoms with van der Waals surface area (Å²) in [5.74, 6) is 0.689. The molecule has 0 N–H and O–H groups in total. The molecule has 2 aromatic rings. The van der Waals surface area contributed by atoms with Crippen LogP contribution in [0.2, 0.25) is 12.1 Å². The van der Waals surface area contributed by atoms with E-state index in [9.17, 15) is 4.39 Å². The van der Waals surface area contributed by atoms with Crippen molar-refractivity contribution in [3.8, 4) is 11.1 Å². The molecule has 0 radical (unpaired) electrons. The van der Waals surface area contributed by atoms with E-state index >= 15 is 0 Å². The molecular formula is C19H22ClFSi. The third-order valence-corrected chi connectivity index (χ3v) is 7.98. The van der Waals surface area contributed by atoms with Gasteiger partial charge in [0.1, 0.15) is 13.9 Å². The molecule has 0 nitrogen and oxygen atoms in total. The van der Waals surface area contributed by atoms with Crippen molar-refractivity contribution in [1.82, 2.24) is 0 Å². The molecule has 116 valence electrons. The number of rotatable bonds is 4. The molecule has 1 fully saturated rings. The Morgan fingerprint density at radius 1 is 0.909 bits per heavy atom. The SMILES string of the molecule is Fc1ccc(-c2ccc(CC[C@H]3CC[Si@H](Cl)CC3)cc2)cc1. The van der Waals surface area contributed by atoms with Crippen molar-refractivity contribution in [2.24, 2.45) is 5.92 Å². The first-order chi connectivity index (χ1) is 10.7. The van der Waals surface area contributed by atoms with Gasteiger partial charge in [-0.3, -0.25) is 0 Å². The quantitative estimate of drug-likeness (QED) is 0.490. The Morgan fingerprint density at radius 2 is 1.45 bits per heavy atom. The van der Waals surface area contributed by atoms with E-state index < -0.39 is 8.11 Å². The molecule has 0 spiro atoms. The molecule has 1 aliphatic rings. The third-order valence-electron chi connectivity index (χ3n) is 4.75.